The van der Waals surface area contributed by atoms with Gasteiger partial charge in [-0.05, 0) is 38.5 Å². The van der Waals surface area contributed by atoms with Crippen LogP contribution in [-0.4, -0.2) is 36.2 Å². The van der Waals surface area contributed by atoms with Crippen molar-refractivity contribution < 1.29 is 23.5 Å². The van der Waals surface area contributed by atoms with E-state index in [9.17, 15) is 14.0 Å². The van der Waals surface area contributed by atoms with Crippen molar-refractivity contribution in [3.63, 3.8) is 0 Å². The van der Waals surface area contributed by atoms with Crippen molar-refractivity contribution in [1.82, 2.24) is 4.90 Å². The minimum atomic E-state index is -0.672. The number of nitrogens with zero attached hydrogens (tertiary/aromatic N) is 1. The highest BCUT2D eigenvalue weighted by molar-refractivity contribution is 5.78. The van der Waals surface area contributed by atoms with E-state index in [4.69, 9.17) is 4.74 Å². The minimum absolute atomic E-state index is 0.129. The molecule has 5 nitrogen and oxygen atoms in total. The molecule has 1 aromatic rings. The Bertz CT molecular complexity index is 493. The maximum atomic E-state index is 12.9. The first-order chi connectivity index (χ1) is 9.71. The standard InChI is InChI=1S/C15H20FNO4/c1-15(2,3)21-14(19)17(10-13(18)20-4)9-11-5-7-12(16)8-6-11/h5-8H,9-10H2,1-4H3. The molecule has 0 aliphatic heterocycles. The zero-order chi connectivity index (χ0) is 16.0. The number of halogens is 1. The van der Waals surface area contributed by atoms with Crippen LogP contribution in [0.5, 0.6) is 0 Å². The molecule has 0 aliphatic rings. The summed E-state index contributed by atoms with van der Waals surface area (Å²) < 4.78 is 22.7. The molecule has 0 heterocycles. The molecule has 0 bridgehead atoms. The predicted octanol–water partition coefficient (Wildman–Crippen LogP) is 2.74. The van der Waals surface area contributed by atoms with Gasteiger partial charge in [0.05, 0.1) is 7.11 Å². The molecular formula is C15H20FNO4. The van der Waals surface area contributed by atoms with Crippen molar-refractivity contribution in [3.05, 3.63) is 35.6 Å². The lowest BCUT2D eigenvalue weighted by Crippen LogP contribution is -2.39. The van der Waals surface area contributed by atoms with Crippen molar-refractivity contribution in [2.24, 2.45) is 0 Å². The van der Waals surface area contributed by atoms with Gasteiger partial charge in [0, 0.05) is 6.54 Å². The molecule has 1 rings (SSSR count). The Labute approximate surface area is 123 Å². The van der Waals surface area contributed by atoms with Crippen molar-refractivity contribution in [2.75, 3.05) is 13.7 Å². The lowest BCUT2D eigenvalue weighted by molar-refractivity contribution is -0.142. The van der Waals surface area contributed by atoms with Gasteiger partial charge in [0.25, 0.3) is 0 Å². The third kappa shape index (κ3) is 6.25. The van der Waals surface area contributed by atoms with Crippen LogP contribution in [0.3, 0.4) is 0 Å². The molecule has 0 saturated heterocycles. The normalized spacial score (nSPS) is 10.9. The number of methoxy groups -OCH3 is 1. The van der Waals surface area contributed by atoms with Crippen molar-refractivity contribution >= 4 is 12.1 Å². The van der Waals surface area contributed by atoms with Gasteiger partial charge in [-0.25, -0.2) is 9.18 Å². The highest BCUT2D eigenvalue weighted by atomic mass is 19.1. The summed E-state index contributed by atoms with van der Waals surface area (Å²) in [7, 11) is 1.24. The fourth-order valence-electron chi connectivity index (χ4n) is 1.54. The first-order valence-corrected chi connectivity index (χ1v) is 6.50. The Balaban J connectivity index is 2.83. The Morgan fingerprint density at radius 2 is 1.76 bits per heavy atom. The number of hydrogen-bond acceptors (Lipinski definition) is 4. The highest BCUT2D eigenvalue weighted by Crippen LogP contribution is 2.13. The van der Waals surface area contributed by atoms with Gasteiger partial charge in [0.15, 0.2) is 0 Å². The average Bonchev–Trinajstić information content (AvgIpc) is 2.38. The van der Waals surface area contributed by atoms with Crippen molar-refractivity contribution in [1.29, 1.82) is 0 Å². The average molecular weight is 297 g/mol. The minimum Gasteiger partial charge on any atom is -0.468 e. The Morgan fingerprint density at radius 1 is 1.19 bits per heavy atom. The third-order valence-corrected chi connectivity index (χ3v) is 2.49. The van der Waals surface area contributed by atoms with Gasteiger partial charge in [-0.3, -0.25) is 9.69 Å². The third-order valence-electron chi connectivity index (χ3n) is 2.49. The fraction of sp³-hybridized carbons (Fsp3) is 0.467. The zero-order valence-corrected chi connectivity index (χ0v) is 12.7. The summed E-state index contributed by atoms with van der Waals surface area (Å²) in [6, 6.07) is 5.68. The second-order valence-electron chi connectivity index (χ2n) is 5.54. The van der Waals surface area contributed by atoms with Crippen molar-refractivity contribution in [3.8, 4) is 0 Å². The molecule has 1 amide bonds. The number of benzene rings is 1. The van der Waals surface area contributed by atoms with Crippen LogP contribution in [0.1, 0.15) is 26.3 Å². The fourth-order valence-corrected chi connectivity index (χ4v) is 1.54. The van der Waals surface area contributed by atoms with Crippen LogP contribution in [0.15, 0.2) is 24.3 Å². The van der Waals surface area contributed by atoms with Crippen LogP contribution < -0.4 is 0 Å². The molecule has 0 spiro atoms. The quantitative estimate of drug-likeness (QED) is 0.802. The molecule has 116 valence electrons. The number of amides is 1. The maximum Gasteiger partial charge on any atom is 0.411 e. The summed E-state index contributed by atoms with van der Waals surface area (Å²) >= 11 is 0. The molecule has 0 radical (unpaired) electrons. The molecule has 0 aliphatic carbocycles. The number of rotatable bonds is 4. The van der Waals surface area contributed by atoms with Crippen molar-refractivity contribution in [2.45, 2.75) is 32.9 Å². The van der Waals surface area contributed by atoms with Crippen LogP contribution in [0, 0.1) is 5.82 Å². The van der Waals surface area contributed by atoms with E-state index in [1.807, 2.05) is 0 Å². The number of carbonyl (C=O) groups excluding carboxylic acids is 2. The van der Waals surface area contributed by atoms with E-state index in [1.165, 1.54) is 24.1 Å². The summed E-state index contributed by atoms with van der Waals surface area (Å²) in [4.78, 5) is 24.7. The van der Waals surface area contributed by atoms with E-state index in [0.717, 1.165) is 0 Å². The molecule has 0 unspecified atom stereocenters. The Hall–Kier alpha value is -2.11. The van der Waals surface area contributed by atoms with E-state index in [1.54, 1.807) is 32.9 Å². The lowest BCUT2D eigenvalue weighted by Gasteiger charge is -2.26. The topological polar surface area (TPSA) is 55.8 Å². The second kappa shape index (κ2) is 7.06. The first kappa shape index (κ1) is 16.9. The largest absolute Gasteiger partial charge is 0.468 e. The monoisotopic (exact) mass is 297 g/mol. The predicted molar refractivity (Wildman–Crippen MR) is 75.1 cm³/mol. The van der Waals surface area contributed by atoms with E-state index in [0.29, 0.717) is 5.56 Å². The molecule has 21 heavy (non-hydrogen) atoms. The van der Waals surface area contributed by atoms with Crippen LogP contribution >= 0.6 is 0 Å². The van der Waals surface area contributed by atoms with Gasteiger partial charge in [-0.2, -0.15) is 0 Å². The highest BCUT2D eigenvalue weighted by Gasteiger charge is 2.24. The summed E-state index contributed by atoms with van der Waals surface area (Å²) in [6.45, 7) is 5.10. The SMILES string of the molecule is COC(=O)CN(Cc1ccc(F)cc1)C(=O)OC(C)(C)C. The second-order valence-corrected chi connectivity index (χ2v) is 5.54. The molecule has 1 aromatic carbocycles. The summed E-state index contributed by atoms with van der Waals surface area (Å²) in [5.74, 6) is -0.918. The summed E-state index contributed by atoms with van der Waals surface area (Å²) in [5.41, 5.74) is 0.0139. The Morgan fingerprint density at radius 3 is 2.24 bits per heavy atom. The number of hydrogen-bond donors (Lipinski definition) is 0. The van der Waals surface area contributed by atoms with Gasteiger partial charge in [0.1, 0.15) is 18.0 Å². The van der Waals surface area contributed by atoms with Crippen LogP contribution in [-0.2, 0) is 20.8 Å². The van der Waals surface area contributed by atoms with Gasteiger partial charge in [-0.15, -0.1) is 0 Å². The lowest BCUT2D eigenvalue weighted by atomic mass is 10.2. The number of carbonyl (C=O) groups is 2. The van der Waals surface area contributed by atoms with E-state index < -0.39 is 17.7 Å². The molecular weight excluding hydrogens is 277 g/mol. The van der Waals surface area contributed by atoms with E-state index in [2.05, 4.69) is 4.74 Å². The molecule has 0 saturated carbocycles. The van der Waals surface area contributed by atoms with Gasteiger partial charge in [-0.1, -0.05) is 12.1 Å². The van der Waals surface area contributed by atoms with E-state index in [-0.39, 0.29) is 18.9 Å². The van der Waals surface area contributed by atoms with Gasteiger partial charge >= 0.3 is 12.1 Å². The van der Waals surface area contributed by atoms with Crippen LogP contribution in [0.2, 0.25) is 0 Å². The summed E-state index contributed by atoms with van der Waals surface area (Å²) in [6.07, 6.45) is -0.628. The molecule has 0 atom stereocenters. The molecule has 0 aromatic heterocycles. The molecule has 0 fully saturated rings. The maximum absolute atomic E-state index is 12.9. The summed E-state index contributed by atoms with van der Waals surface area (Å²) in [5, 5.41) is 0. The van der Waals surface area contributed by atoms with Crippen LogP contribution in [0.4, 0.5) is 9.18 Å². The number of ether oxygens (including phenoxy) is 2. The Kier molecular flexibility index (Phi) is 5.69. The smallest absolute Gasteiger partial charge is 0.411 e. The van der Waals surface area contributed by atoms with Gasteiger partial charge in [0.2, 0.25) is 0 Å². The first-order valence-electron chi connectivity index (χ1n) is 6.50. The molecule has 6 heteroatoms. The van der Waals surface area contributed by atoms with Gasteiger partial charge < -0.3 is 9.47 Å². The zero-order valence-electron chi connectivity index (χ0n) is 12.7. The van der Waals surface area contributed by atoms with E-state index >= 15 is 0 Å². The van der Waals surface area contributed by atoms with Crippen LogP contribution in [0.25, 0.3) is 0 Å². The number of esters is 1. The molecule has 0 N–H and O–H groups in total.